The first-order valence-electron chi connectivity index (χ1n) is 9.71. The topological polar surface area (TPSA) is 67.2 Å². The number of rotatable bonds is 3. The molecule has 2 aromatic heterocycles. The highest BCUT2D eigenvalue weighted by molar-refractivity contribution is 6.01. The molecule has 0 spiro atoms. The molecule has 0 N–H and O–H groups in total. The maximum Gasteiger partial charge on any atom is 0.246 e. The van der Waals surface area contributed by atoms with Crippen LogP contribution in [0.2, 0.25) is 0 Å². The zero-order valence-corrected chi connectivity index (χ0v) is 15.8. The third kappa shape index (κ3) is 2.83. The summed E-state index contributed by atoms with van der Waals surface area (Å²) in [5, 5.41) is 0. The highest BCUT2D eigenvalue weighted by Gasteiger charge is 2.34. The number of aromatic nitrogens is 4. The fraction of sp³-hybridized carbons (Fsp3) is 0.333. The molecule has 0 atom stereocenters. The first-order valence-corrected chi connectivity index (χ1v) is 9.71. The van der Waals surface area contributed by atoms with Gasteiger partial charge in [-0.3, -0.25) is 9.36 Å². The Labute approximate surface area is 163 Å². The minimum atomic E-state index is 0.0877. The van der Waals surface area contributed by atoms with Gasteiger partial charge in [0.25, 0.3) is 0 Å². The van der Waals surface area contributed by atoms with Gasteiger partial charge in [-0.15, -0.1) is 0 Å². The molecule has 142 valence electrons. The van der Waals surface area contributed by atoms with Gasteiger partial charge in [-0.05, 0) is 12.8 Å². The van der Waals surface area contributed by atoms with E-state index < -0.39 is 0 Å². The smallest absolute Gasteiger partial charge is 0.246 e. The predicted molar refractivity (Wildman–Crippen MR) is 108 cm³/mol. The summed E-state index contributed by atoms with van der Waals surface area (Å²) in [6, 6.07) is 10.4. The van der Waals surface area contributed by atoms with E-state index in [0.717, 1.165) is 35.6 Å². The van der Waals surface area contributed by atoms with E-state index in [4.69, 9.17) is 4.98 Å². The van der Waals surface area contributed by atoms with E-state index in [-0.39, 0.29) is 5.91 Å². The zero-order chi connectivity index (χ0) is 19.1. The largest absolute Gasteiger partial charge is 0.342 e. The average molecular weight is 374 g/mol. The van der Waals surface area contributed by atoms with E-state index in [1.807, 2.05) is 41.1 Å². The second-order valence-electron chi connectivity index (χ2n) is 7.43. The highest BCUT2D eigenvalue weighted by Crippen LogP contribution is 2.36. The van der Waals surface area contributed by atoms with Crippen LogP contribution in [-0.4, -0.2) is 45.1 Å². The lowest BCUT2D eigenvalue weighted by molar-refractivity contribution is -0.117. The average Bonchev–Trinajstić information content (AvgIpc) is 3.43. The van der Waals surface area contributed by atoms with Crippen molar-refractivity contribution in [2.75, 3.05) is 23.4 Å². The van der Waals surface area contributed by atoms with Gasteiger partial charge in [-0.2, -0.15) is 4.98 Å². The minimum absolute atomic E-state index is 0.0877. The normalized spacial score (nSPS) is 17.2. The summed E-state index contributed by atoms with van der Waals surface area (Å²) in [6.07, 6.45) is 10.1. The predicted octanol–water partition coefficient (Wildman–Crippen LogP) is 3.05. The van der Waals surface area contributed by atoms with Crippen molar-refractivity contribution in [3.05, 3.63) is 49.1 Å². The fourth-order valence-electron chi connectivity index (χ4n) is 4.10. The van der Waals surface area contributed by atoms with Gasteiger partial charge in [0.15, 0.2) is 5.82 Å². The number of hydrogen-bond acceptors (Lipinski definition) is 5. The standard InChI is InChI=1S/C21H22N6O/c1-25-18-11-22-21(26-12-17(23-14-26)15-7-3-2-4-8-15)24-20(18)27(13-19(25)28)16-9-5-6-10-16/h2-4,7-8,11-12,14,16H,5-6,9-10,13H2,1H3. The Kier molecular flexibility index (Phi) is 4.07. The van der Waals surface area contributed by atoms with Crippen LogP contribution < -0.4 is 9.80 Å². The molecule has 0 radical (unpaired) electrons. The van der Waals surface area contributed by atoms with E-state index in [0.29, 0.717) is 18.5 Å². The molecule has 0 unspecified atom stereocenters. The first kappa shape index (κ1) is 16.9. The quantitative estimate of drug-likeness (QED) is 0.705. The second-order valence-corrected chi connectivity index (χ2v) is 7.43. The van der Waals surface area contributed by atoms with E-state index in [2.05, 4.69) is 14.9 Å². The van der Waals surface area contributed by atoms with Crippen LogP contribution in [0.15, 0.2) is 49.1 Å². The Balaban J connectivity index is 1.53. The molecule has 5 rings (SSSR count). The van der Waals surface area contributed by atoms with Gasteiger partial charge in [0.1, 0.15) is 12.0 Å². The summed E-state index contributed by atoms with van der Waals surface area (Å²) in [4.78, 5) is 30.1. The van der Waals surface area contributed by atoms with Crippen LogP contribution in [0.3, 0.4) is 0 Å². The zero-order valence-electron chi connectivity index (χ0n) is 15.8. The third-order valence-electron chi connectivity index (χ3n) is 5.70. The van der Waals surface area contributed by atoms with Crippen LogP contribution in [0, 0.1) is 0 Å². The van der Waals surface area contributed by atoms with Crippen molar-refractivity contribution in [3.8, 4) is 17.2 Å². The van der Waals surface area contributed by atoms with Crippen LogP contribution in [-0.2, 0) is 4.79 Å². The molecule has 1 aromatic carbocycles. The van der Waals surface area contributed by atoms with Gasteiger partial charge in [-0.1, -0.05) is 43.2 Å². The molecule has 0 saturated heterocycles. The van der Waals surface area contributed by atoms with Crippen LogP contribution in [0.1, 0.15) is 25.7 Å². The molecule has 1 amide bonds. The summed E-state index contributed by atoms with van der Waals surface area (Å²) in [5.74, 6) is 1.50. The van der Waals surface area contributed by atoms with Gasteiger partial charge < -0.3 is 9.80 Å². The number of anilines is 2. The van der Waals surface area contributed by atoms with E-state index in [1.54, 1.807) is 24.5 Å². The van der Waals surface area contributed by atoms with Crippen LogP contribution in [0.25, 0.3) is 17.2 Å². The number of benzene rings is 1. The van der Waals surface area contributed by atoms with Crippen molar-refractivity contribution in [2.24, 2.45) is 0 Å². The highest BCUT2D eigenvalue weighted by atomic mass is 16.2. The molecule has 7 heteroatoms. The second kappa shape index (κ2) is 6.74. The molecule has 2 aliphatic rings. The Morgan fingerprint density at radius 3 is 2.64 bits per heavy atom. The maximum atomic E-state index is 12.5. The number of likely N-dealkylation sites (N-methyl/N-ethyl adjacent to an activating group) is 1. The number of amides is 1. The number of carbonyl (C=O) groups excluding carboxylic acids is 1. The van der Waals surface area contributed by atoms with Crippen molar-refractivity contribution in [2.45, 2.75) is 31.7 Å². The lowest BCUT2D eigenvalue weighted by Gasteiger charge is -2.37. The van der Waals surface area contributed by atoms with Crippen molar-refractivity contribution in [1.29, 1.82) is 0 Å². The molecule has 3 aromatic rings. The molecule has 7 nitrogen and oxygen atoms in total. The summed E-state index contributed by atoms with van der Waals surface area (Å²) in [6.45, 7) is 0.379. The van der Waals surface area contributed by atoms with Crippen molar-refractivity contribution >= 4 is 17.4 Å². The molecule has 0 bridgehead atoms. The van der Waals surface area contributed by atoms with E-state index in [1.165, 1.54) is 12.8 Å². The Morgan fingerprint density at radius 2 is 1.86 bits per heavy atom. The van der Waals surface area contributed by atoms with Gasteiger partial charge in [0, 0.05) is 24.8 Å². The monoisotopic (exact) mass is 374 g/mol. The molecule has 1 saturated carbocycles. The van der Waals surface area contributed by atoms with Gasteiger partial charge in [-0.25, -0.2) is 9.97 Å². The summed E-state index contributed by atoms with van der Waals surface area (Å²) in [7, 11) is 1.79. The number of nitrogens with zero attached hydrogens (tertiary/aromatic N) is 6. The van der Waals surface area contributed by atoms with E-state index in [9.17, 15) is 4.79 Å². The Hall–Kier alpha value is -3.22. The molecule has 1 fully saturated rings. The van der Waals surface area contributed by atoms with Gasteiger partial charge in [0.05, 0.1) is 18.4 Å². The van der Waals surface area contributed by atoms with Gasteiger partial charge in [0.2, 0.25) is 11.9 Å². The lowest BCUT2D eigenvalue weighted by atomic mass is 10.1. The van der Waals surface area contributed by atoms with Crippen molar-refractivity contribution in [3.63, 3.8) is 0 Å². The third-order valence-corrected chi connectivity index (χ3v) is 5.70. The molecular weight excluding hydrogens is 352 g/mol. The maximum absolute atomic E-state index is 12.5. The van der Waals surface area contributed by atoms with Crippen LogP contribution in [0.4, 0.5) is 11.5 Å². The first-order chi connectivity index (χ1) is 13.7. The number of carbonyl (C=O) groups is 1. The summed E-state index contributed by atoms with van der Waals surface area (Å²) < 4.78 is 1.84. The molecule has 1 aliphatic carbocycles. The minimum Gasteiger partial charge on any atom is -0.342 e. The number of imidazole rings is 1. The molecule has 1 aliphatic heterocycles. The SMILES string of the molecule is CN1C(=O)CN(C2CCCC2)c2nc(-n3cnc(-c4ccccc4)c3)ncc21. The number of hydrogen-bond donors (Lipinski definition) is 0. The number of fused-ring (bicyclic) bond motifs is 1. The molecule has 3 heterocycles. The van der Waals surface area contributed by atoms with Gasteiger partial charge >= 0.3 is 0 Å². The molecular formula is C21H22N6O. The summed E-state index contributed by atoms with van der Waals surface area (Å²) >= 11 is 0. The fourth-order valence-corrected chi connectivity index (χ4v) is 4.10. The van der Waals surface area contributed by atoms with Crippen LogP contribution in [0.5, 0.6) is 0 Å². The van der Waals surface area contributed by atoms with Crippen molar-refractivity contribution in [1.82, 2.24) is 19.5 Å². The molecule has 28 heavy (non-hydrogen) atoms. The lowest BCUT2D eigenvalue weighted by Crippen LogP contribution is -2.48. The van der Waals surface area contributed by atoms with Crippen LogP contribution >= 0.6 is 0 Å². The van der Waals surface area contributed by atoms with E-state index >= 15 is 0 Å². The summed E-state index contributed by atoms with van der Waals surface area (Å²) in [5.41, 5.74) is 2.70. The van der Waals surface area contributed by atoms with Crippen molar-refractivity contribution < 1.29 is 4.79 Å². The Morgan fingerprint density at radius 1 is 1.07 bits per heavy atom. The Bertz CT molecular complexity index is 1010.